The Labute approximate surface area is 83.8 Å². The maximum absolute atomic E-state index is 9.06. The predicted octanol–water partition coefficient (Wildman–Crippen LogP) is 0.335. The van der Waals surface area contributed by atoms with Crippen molar-refractivity contribution in [1.29, 1.82) is 0 Å². The van der Waals surface area contributed by atoms with Crippen LogP contribution >= 0.6 is 0 Å². The number of nitrogens with one attached hydrogen (secondary N) is 1. The summed E-state index contributed by atoms with van der Waals surface area (Å²) in [5, 5.41) is 12.0. The molecule has 0 spiro atoms. The normalized spacial score (nSPS) is 12.3. The highest BCUT2D eigenvalue weighted by atomic mass is 16.3. The summed E-state index contributed by atoms with van der Waals surface area (Å²) < 4.78 is 0. The molecule has 1 unspecified atom stereocenters. The van der Waals surface area contributed by atoms with Crippen LogP contribution in [0.3, 0.4) is 0 Å². The minimum Gasteiger partial charge on any atom is -0.392 e. The number of aliphatic hydroxyl groups excluding tert-OH is 1. The van der Waals surface area contributed by atoms with E-state index in [9.17, 15) is 0 Å². The van der Waals surface area contributed by atoms with Gasteiger partial charge in [-0.25, -0.2) is 4.98 Å². The molecule has 2 N–H and O–H groups in total. The topological polar surface area (TPSA) is 61.3 Å². The lowest BCUT2D eigenvalue weighted by Crippen LogP contribution is -2.18. The number of aliphatic hydroxyl groups is 1. The van der Waals surface area contributed by atoms with Crippen LogP contribution in [0.5, 0.6) is 0 Å². The molecule has 0 saturated carbocycles. The second-order valence-electron chi connectivity index (χ2n) is 3.36. The van der Waals surface area contributed by atoms with Gasteiger partial charge < -0.3 is 15.3 Å². The number of hydrogen-bond donors (Lipinski definition) is 2. The second-order valence-corrected chi connectivity index (χ2v) is 3.36. The average molecular weight is 196 g/mol. The van der Waals surface area contributed by atoms with E-state index in [2.05, 4.69) is 15.3 Å². The van der Waals surface area contributed by atoms with E-state index >= 15 is 0 Å². The van der Waals surface area contributed by atoms with E-state index in [-0.39, 0.29) is 0 Å². The van der Waals surface area contributed by atoms with Crippen LogP contribution in [0.4, 0.5) is 11.8 Å². The summed E-state index contributed by atoms with van der Waals surface area (Å²) in [6.07, 6.45) is 1.29. The SMILES string of the molecule is CC(O)CNc1nccc(N(C)C)n1. The maximum atomic E-state index is 9.06. The molecule has 1 heterocycles. The molecule has 1 rings (SSSR count). The minimum atomic E-state index is -0.401. The van der Waals surface area contributed by atoms with Crippen molar-refractivity contribution < 1.29 is 5.11 Å². The van der Waals surface area contributed by atoms with Crippen LogP contribution in [0.2, 0.25) is 0 Å². The number of aromatic nitrogens is 2. The molecule has 1 aromatic rings. The van der Waals surface area contributed by atoms with Crippen molar-refractivity contribution in [3.8, 4) is 0 Å². The highest BCUT2D eigenvalue weighted by Crippen LogP contribution is 2.07. The van der Waals surface area contributed by atoms with Crippen LogP contribution in [0.15, 0.2) is 12.3 Å². The van der Waals surface area contributed by atoms with Gasteiger partial charge in [0, 0.05) is 26.8 Å². The van der Waals surface area contributed by atoms with Gasteiger partial charge in [-0.3, -0.25) is 0 Å². The van der Waals surface area contributed by atoms with Gasteiger partial charge >= 0.3 is 0 Å². The van der Waals surface area contributed by atoms with E-state index in [1.165, 1.54) is 0 Å². The zero-order valence-corrected chi connectivity index (χ0v) is 8.73. The standard InChI is InChI=1S/C9H16N4O/c1-7(14)6-11-9-10-5-4-8(12-9)13(2)3/h4-5,7,14H,6H2,1-3H3,(H,10,11,12). The molecule has 0 aliphatic rings. The maximum Gasteiger partial charge on any atom is 0.224 e. The molecule has 5 nitrogen and oxygen atoms in total. The Hall–Kier alpha value is -1.36. The minimum absolute atomic E-state index is 0.401. The van der Waals surface area contributed by atoms with Crippen molar-refractivity contribution in [2.75, 3.05) is 30.9 Å². The van der Waals surface area contributed by atoms with E-state index < -0.39 is 6.10 Å². The summed E-state index contributed by atoms with van der Waals surface area (Å²) in [6, 6.07) is 1.83. The smallest absolute Gasteiger partial charge is 0.224 e. The zero-order valence-electron chi connectivity index (χ0n) is 8.73. The number of rotatable bonds is 4. The summed E-state index contributed by atoms with van der Waals surface area (Å²) in [5.74, 6) is 1.38. The van der Waals surface area contributed by atoms with Gasteiger partial charge in [-0.2, -0.15) is 4.98 Å². The molecule has 14 heavy (non-hydrogen) atoms. The first-order chi connectivity index (χ1) is 6.59. The van der Waals surface area contributed by atoms with E-state index in [0.29, 0.717) is 12.5 Å². The van der Waals surface area contributed by atoms with Gasteiger partial charge in [-0.15, -0.1) is 0 Å². The van der Waals surface area contributed by atoms with Crippen LogP contribution in [0, 0.1) is 0 Å². The number of anilines is 2. The lowest BCUT2D eigenvalue weighted by Gasteiger charge is -2.12. The summed E-state index contributed by atoms with van der Waals surface area (Å²) in [6.45, 7) is 2.17. The zero-order chi connectivity index (χ0) is 10.6. The Morgan fingerprint density at radius 3 is 2.86 bits per heavy atom. The van der Waals surface area contributed by atoms with Crippen LogP contribution < -0.4 is 10.2 Å². The van der Waals surface area contributed by atoms with Crippen LogP contribution in [0.25, 0.3) is 0 Å². The summed E-state index contributed by atoms with van der Waals surface area (Å²) in [4.78, 5) is 10.2. The lowest BCUT2D eigenvalue weighted by molar-refractivity contribution is 0.208. The first kappa shape index (κ1) is 10.7. The molecule has 0 bridgehead atoms. The van der Waals surface area contributed by atoms with Gasteiger partial charge in [0.1, 0.15) is 5.82 Å². The van der Waals surface area contributed by atoms with Gasteiger partial charge in [-0.1, -0.05) is 0 Å². The molecular formula is C9H16N4O. The molecule has 0 amide bonds. The molecule has 5 heteroatoms. The highest BCUT2D eigenvalue weighted by molar-refractivity contribution is 5.40. The third-order valence-corrected chi connectivity index (χ3v) is 1.65. The fourth-order valence-corrected chi connectivity index (χ4v) is 0.922. The van der Waals surface area contributed by atoms with Crippen molar-refractivity contribution in [3.63, 3.8) is 0 Å². The third kappa shape index (κ3) is 3.18. The first-order valence-corrected chi connectivity index (χ1v) is 4.52. The van der Waals surface area contributed by atoms with Crippen molar-refractivity contribution in [2.24, 2.45) is 0 Å². The lowest BCUT2D eigenvalue weighted by atomic mass is 10.4. The second kappa shape index (κ2) is 4.76. The fourth-order valence-electron chi connectivity index (χ4n) is 0.922. The van der Waals surface area contributed by atoms with Crippen LogP contribution in [0.1, 0.15) is 6.92 Å². The molecule has 0 aliphatic heterocycles. The van der Waals surface area contributed by atoms with Crippen molar-refractivity contribution in [2.45, 2.75) is 13.0 Å². The largest absolute Gasteiger partial charge is 0.392 e. The first-order valence-electron chi connectivity index (χ1n) is 4.52. The summed E-state index contributed by atoms with van der Waals surface area (Å²) >= 11 is 0. The van der Waals surface area contributed by atoms with E-state index in [0.717, 1.165) is 5.82 Å². The molecule has 0 saturated heterocycles. The van der Waals surface area contributed by atoms with E-state index in [4.69, 9.17) is 5.11 Å². The van der Waals surface area contributed by atoms with E-state index in [1.807, 2.05) is 25.1 Å². The summed E-state index contributed by atoms with van der Waals surface area (Å²) in [5.41, 5.74) is 0. The molecule has 0 aliphatic carbocycles. The molecule has 0 radical (unpaired) electrons. The van der Waals surface area contributed by atoms with Crippen LogP contribution in [-0.4, -0.2) is 41.8 Å². The fraction of sp³-hybridized carbons (Fsp3) is 0.556. The Morgan fingerprint density at radius 1 is 1.57 bits per heavy atom. The number of nitrogens with zero attached hydrogens (tertiary/aromatic N) is 3. The van der Waals surface area contributed by atoms with Gasteiger partial charge in [0.2, 0.25) is 5.95 Å². The van der Waals surface area contributed by atoms with Crippen molar-refractivity contribution >= 4 is 11.8 Å². The Balaban J connectivity index is 2.64. The van der Waals surface area contributed by atoms with Crippen LogP contribution in [-0.2, 0) is 0 Å². The summed E-state index contributed by atoms with van der Waals surface area (Å²) in [7, 11) is 3.83. The van der Waals surface area contributed by atoms with Gasteiger partial charge in [0.25, 0.3) is 0 Å². The quantitative estimate of drug-likeness (QED) is 0.727. The third-order valence-electron chi connectivity index (χ3n) is 1.65. The van der Waals surface area contributed by atoms with Gasteiger partial charge in [0.15, 0.2) is 0 Å². The molecule has 78 valence electrons. The Bertz CT molecular complexity index is 288. The van der Waals surface area contributed by atoms with Crippen molar-refractivity contribution in [1.82, 2.24) is 9.97 Å². The monoisotopic (exact) mass is 196 g/mol. The number of hydrogen-bond acceptors (Lipinski definition) is 5. The molecular weight excluding hydrogens is 180 g/mol. The highest BCUT2D eigenvalue weighted by Gasteiger charge is 2.01. The molecule has 0 fully saturated rings. The van der Waals surface area contributed by atoms with Crippen molar-refractivity contribution in [3.05, 3.63) is 12.3 Å². The van der Waals surface area contributed by atoms with Gasteiger partial charge in [0.05, 0.1) is 6.10 Å². The molecule has 0 aromatic carbocycles. The predicted molar refractivity (Wildman–Crippen MR) is 56.5 cm³/mol. The molecule has 1 aromatic heterocycles. The van der Waals surface area contributed by atoms with Gasteiger partial charge in [-0.05, 0) is 13.0 Å². The van der Waals surface area contributed by atoms with E-state index in [1.54, 1.807) is 13.1 Å². The Kier molecular flexibility index (Phi) is 3.64. The molecule has 1 atom stereocenters. The Morgan fingerprint density at radius 2 is 2.29 bits per heavy atom. The average Bonchev–Trinajstić information content (AvgIpc) is 2.15.